The monoisotopic (exact) mass is 565 g/mol. The Kier molecular flexibility index (Phi) is 6.98. The van der Waals surface area contributed by atoms with Gasteiger partial charge in [-0.15, -0.1) is 0 Å². The minimum atomic E-state index is -1.05. The molecule has 1 N–H and O–H groups in total. The lowest BCUT2D eigenvalue weighted by atomic mass is 9.88. The summed E-state index contributed by atoms with van der Waals surface area (Å²) in [5.74, 6) is 1.79. The molecule has 10 heteroatoms. The third-order valence-electron chi connectivity index (χ3n) is 8.53. The molecule has 0 bridgehead atoms. The van der Waals surface area contributed by atoms with Crippen molar-refractivity contribution in [2.24, 2.45) is 0 Å². The Morgan fingerprint density at radius 1 is 1.05 bits per heavy atom. The molecule has 42 heavy (non-hydrogen) atoms. The Balaban J connectivity index is 1.04. The minimum Gasteiger partial charge on any atom is -0.485 e. The van der Waals surface area contributed by atoms with E-state index in [4.69, 9.17) is 24.5 Å². The summed E-state index contributed by atoms with van der Waals surface area (Å²) in [5, 5.41) is 18.6. The van der Waals surface area contributed by atoms with Crippen LogP contribution in [0.4, 0.5) is 0 Å². The first-order valence-corrected chi connectivity index (χ1v) is 14.4. The molecule has 10 nitrogen and oxygen atoms in total. The normalized spacial score (nSPS) is 20.6. The summed E-state index contributed by atoms with van der Waals surface area (Å²) in [4.78, 5) is 23.2. The second kappa shape index (κ2) is 11.1. The molecule has 0 spiro atoms. The Morgan fingerprint density at radius 2 is 1.86 bits per heavy atom. The smallest absolute Gasteiger partial charge is 0.354 e. The molecule has 3 aliphatic heterocycles. The number of ether oxygens (including phenoxy) is 3. The molecule has 0 radical (unpaired) electrons. The first-order chi connectivity index (χ1) is 20.6. The largest absolute Gasteiger partial charge is 0.485 e. The lowest BCUT2D eigenvalue weighted by Crippen LogP contribution is -2.35. The van der Waals surface area contributed by atoms with Gasteiger partial charge in [0, 0.05) is 12.2 Å². The summed E-state index contributed by atoms with van der Waals surface area (Å²) in [7, 11) is 0. The first kappa shape index (κ1) is 26.4. The maximum absolute atomic E-state index is 11.6. The van der Waals surface area contributed by atoms with Gasteiger partial charge in [0.1, 0.15) is 17.9 Å². The zero-order valence-electron chi connectivity index (χ0n) is 23.1. The number of pyridine rings is 1. The second-order valence-corrected chi connectivity index (χ2v) is 11.1. The summed E-state index contributed by atoms with van der Waals surface area (Å²) >= 11 is 0. The van der Waals surface area contributed by atoms with Gasteiger partial charge in [-0.25, -0.2) is 14.8 Å². The summed E-state index contributed by atoms with van der Waals surface area (Å²) < 4.78 is 20.4. The molecule has 5 heterocycles. The van der Waals surface area contributed by atoms with Crippen LogP contribution >= 0.6 is 0 Å². The van der Waals surface area contributed by atoms with Crippen LogP contribution in [-0.4, -0.2) is 62.9 Å². The van der Waals surface area contributed by atoms with E-state index < -0.39 is 5.97 Å². The maximum Gasteiger partial charge on any atom is 0.354 e. The number of para-hydroxylation sites is 1. The van der Waals surface area contributed by atoms with E-state index in [1.54, 1.807) is 18.2 Å². The molecule has 0 amide bonds. The SMILES string of the molecule is N#Cc1ccc(C2COc3c(cccc3C3CCN(Cc4nc5ccc(C(=O)O)nc5n4C[C@@H]4CCO4)CC3)O2)cc1. The highest BCUT2D eigenvalue weighted by molar-refractivity contribution is 5.88. The van der Waals surface area contributed by atoms with Crippen LogP contribution < -0.4 is 9.47 Å². The van der Waals surface area contributed by atoms with E-state index >= 15 is 0 Å². The average molecular weight is 566 g/mol. The Morgan fingerprint density at radius 3 is 2.57 bits per heavy atom. The van der Waals surface area contributed by atoms with E-state index in [0.717, 1.165) is 61.8 Å². The van der Waals surface area contributed by atoms with Gasteiger partial charge in [0.25, 0.3) is 0 Å². The van der Waals surface area contributed by atoms with E-state index in [9.17, 15) is 9.90 Å². The van der Waals surface area contributed by atoms with Gasteiger partial charge in [-0.2, -0.15) is 5.26 Å². The van der Waals surface area contributed by atoms with Crippen LogP contribution in [0.15, 0.2) is 54.6 Å². The van der Waals surface area contributed by atoms with Crippen molar-refractivity contribution in [2.45, 2.75) is 50.5 Å². The van der Waals surface area contributed by atoms with Crippen molar-refractivity contribution in [1.29, 1.82) is 5.26 Å². The highest BCUT2D eigenvalue weighted by atomic mass is 16.6. The minimum absolute atomic E-state index is 0.0196. The standard InChI is InChI=1S/C32H31N5O5/c33-16-20-4-6-22(7-5-20)28-19-41-30-24(2-1-3-27(30)42-28)21-10-13-36(14-11-21)18-29-34-25-8-9-26(32(38)39)35-31(25)37(29)17-23-12-15-40-23/h1-9,21,23,28H,10-15,17-19H2,(H,38,39)/t23-,28?/m0/s1. The number of nitrogens with zero attached hydrogens (tertiary/aromatic N) is 5. The van der Waals surface area contributed by atoms with Crippen LogP contribution in [-0.2, 0) is 17.8 Å². The molecule has 2 aromatic heterocycles. The lowest BCUT2D eigenvalue weighted by molar-refractivity contribution is -0.0593. The number of carboxylic acids is 1. The highest BCUT2D eigenvalue weighted by Gasteiger charge is 2.30. The number of hydrogen-bond acceptors (Lipinski definition) is 8. The number of fused-ring (bicyclic) bond motifs is 2. The number of carboxylic acid groups (broad SMARTS) is 1. The number of nitriles is 1. The van der Waals surface area contributed by atoms with Gasteiger partial charge < -0.3 is 23.9 Å². The van der Waals surface area contributed by atoms with Crippen LogP contribution in [0.25, 0.3) is 11.2 Å². The van der Waals surface area contributed by atoms with Crippen molar-refractivity contribution in [3.63, 3.8) is 0 Å². The zero-order valence-corrected chi connectivity index (χ0v) is 23.1. The lowest BCUT2D eigenvalue weighted by Gasteiger charge is -2.35. The van der Waals surface area contributed by atoms with E-state index in [2.05, 4.69) is 22.0 Å². The van der Waals surface area contributed by atoms with Crippen LogP contribution in [0.5, 0.6) is 11.5 Å². The highest BCUT2D eigenvalue weighted by Crippen LogP contribution is 2.44. The Labute approximate surface area is 243 Å². The molecule has 2 fully saturated rings. The number of piperidine rings is 1. The molecule has 0 aliphatic carbocycles. The van der Waals surface area contributed by atoms with E-state index in [1.165, 1.54) is 11.6 Å². The molecular weight excluding hydrogens is 534 g/mol. The van der Waals surface area contributed by atoms with Crippen molar-refractivity contribution < 1.29 is 24.1 Å². The fraction of sp³-hybridized carbons (Fsp3) is 0.375. The number of imidazole rings is 1. The maximum atomic E-state index is 11.6. The number of aromatic carboxylic acids is 1. The number of hydrogen-bond donors (Lipinski definition) is 1. The van der Waals surface area contributed by atoms with Gasteiger partial charge in [-0.05, 0) is 74.2 Å². The number of aromatic nitrogens is 3. The van der Waals surface area contributed by atoms with Crippen LogP contribution in [0.2, 0.25) is 0 Å². The fourth-order valence-electron chi connectivity index (χ4n) is 6.10. The number of rotatable bonds is 7. The van der Waals surface area contributed by atoms with Crippen molar-refractivity contribution >= 4 is 17.1 Å². The van der Waals surface area contributed by atoms with Gasteiger partial charge >= 0.3 is 5.97 Å². The van der Waals surface area contributed by atoms with Crippen molar-refractivity contribution in [2.75, 3.05) is 26.3 Å². The summed E-state index contributed by atoms with van der Waals surface area (Å²) in [6.07, 6.45) is 2.82. The molecule has 4 aromatic rings. The number of benzene rings is 2. The van der Waals surface area contributed by atoms with Gasteiger partial charge in [-0.1, -0.05) is 24.3 Å². The predicted molar refractivity (Wildman–Crippen MR) is 153 cm³/mol. The van der Waals surface area contributed by atoms with E-state index in [0.29, 0.717) is 42.3 Å². The topological polar surface area (TPSA) is 123 Å². The summed E-state index contributed by atoms with van der Waals surface area (Å²) in [6, 6.07) is 19.0. The molecule has 0 saturated carbocycles. The molecule has 214 valence electrons. The van der Waals surface area contributed by atoms with E-state index in [-0.39, 0.29) is 17.9 Å². The molecule has 2 saturated heterocycles. The molecule has 7 rings (SSSR count). The molecule has 1 unspecified atom stereocenters. The first-order valence-electron chi connectivity index (χ1n) is 14.4. The third-order valence-corrected chi connectivity index (χ3v) is 8.53. The van der Waals surface area contributed by atoms with Crippen LogP contribution in [0.3, 0.4) is 0 Å². The van der Waals surface area contributed by atoms with Crippen LogP contribution in [0, 0.1) is 11.3 Å². The summed E-state index contributed by atoms with van der Waals surface area (Å²) in [5.41, 5.74) is 4.12. The Bertz CT molecular complexity index is 1670. The molecule has 2 aromatic carbocycles. The van der Waals surface area contributed by atoms with Gasteiger partial charge in [0.2, 0.25) is 0 Å². The quantitative estimate of drug-likeness (QED) is 0.340. The molecule has 3 aliphatic rings. The number of likely N-dealkylation sites (tertiary alicyclic amines) is 1. The Hall–Kier alpha value is -4.46. The van der Waals surface area contributed by atoms with Gasteiger partial charge in [-0.3, -0.25) is 4.90 Å². The van der Waals surface area contributed by atoms with Crippen LogP contribution in [0.1, 0.15) is 64.3 Å². The van der Waals surface area contributed by atoms with Gasteiger partial charge in [0.15, 0.2) is 28.9 Å². The summed E-state index contributed by atoms with van der Waals surface area (Å²) in [6.45, 7) is 4.27. The fourth-order valence-corrected chi connectivity index (χ4v) is 6.10. The predicted octanol–water partition coefficient (Wildman–Crippen LogP) is 4.68. The van der Waals surface area contributed by atoms with Gasteiger partial charge in [0.05, 0.1) is 30.8 Å². The molecular formula is C32H31N5O5. The van der Waals surface area contributed by atoms with Crippen molar-refractivity contribution in [3.05, 3.63) is 82.8 Å². The van der Waals surface area contributed by atoms with E-state index in [1.807, 2.05) is 28.8 Å². The second-order valence-electron chi connectivity index (χ2n) is 11.1. The zero-order chi connectivity index (χ0) is 28.6. The van der Waals surface area contributed by atoms with Crippen molar-refractivity contribution in [3.8, 4) is 17.6 Å². The third kappa shape index (κ3) is 5.06. The number of carbonyl (C=O) groups is 1. The van der Waals surface area contributed by atoms with Crippen molar-refractivity contribution in [1.82, 2.24) is 19.4 Å². The molecule has 2 atom stereocenters. The average Bonchev–Trinajstić information content (AvgIpc) is 3.34.